The first-order valence-corrected chi connectivity index (χ1v) is 7.92. The second-order valence-corrected chi connectivity index (χ2v) is 6.34. The second kappa shape index (κ2) is 6.18. The fourth-order valence-electron chi connectivity index (χ4n) is 2.86. The summed E-state index contributed by atoms with van der Waals surface area (Å²) in [6, 6.07) is 0. The molecule has 1 N–H and O–H groups in total. The molecule has 1 nitrogen and oxygen atoms in total. The number of hydrogen-bond donors (Lipinski definition) is 1. The first-order valence-electron chi connectivity index (χ1n) is 6.19. The number of halogens is 1. The summed E-state index contributed by atoms with van der Waals surface area (Å²) < 4.78 is 1.32. The third-order valence-corrected chi connectivity index (χ3v) is 5.42. The number of thiophene rings is 1. The summed E-state index contributed by atoms with van der Waals surface area (Å²) >= 11 is 5.52. The maximum atomic E-state index is 3.70. The zero-order valence-electron chi connectivity index (χ0n) is 9.84. The summed E-state index contributed by atoms with van der Waals surface area (Å²) in [5, 5.41) is 7.92. The number of hydrogen-bond acceptors (Lipinski definition) is 2. The van der Waals surface area contributed by atoms with Gasteiger partial charge in [0.25, 0.3) is 0 Å². The van der Waals surface area contributed by atoms with Crippen molar-refractivity contribution in [1.82, 2.24) is 5.32 Å². The van der Waals surface area contributed by atoms with E-state index in [1.54, 1.807) is 5.56 Å². The lowest BCUT2D eigenvalue weighted by atomic mass is 9.83. The predicted molar refractivity (Wildman–Crippen MR) is 75.3 cm³/mol. The Morgan fingerprint density at radius 1 is 1.31 bits per heavy atom. The van der Waals surface area contributed by atoms with Crippen molar-refractivity contribution in [3.63, 3.8) is 0 Å². The molecule has 3 heteroatoms. The molecular weight excluding hydrogens is 282 g/mol. The van der Waals surface area contributed by atoms with E-state index in [-0.39, 0.29) is 0 Å². The summed E-state index contributed by atoms with van der Waals surface area (Å²) in [7, 11) is 2.07. The highest BCUT2D eigenvalue weighted by Crippen LogP contribution is 2.40. The van der Waals surface area contributed by atoms with Crippen molar-refractivity contribution in [3.8, 4) is 0 Å². The molecule has 1 saturated carbocycles. The Morgan fingerprint density at radius 3 is 2.81 bits per heavy atom. The van der Waals surface area contributed by atoms with Crippen LogP contribution >= 0.6 is 27.3 Å². The van der Waals surface area contributed by atoms with E-state index >= 15 is 0 Å². The molecule has 2 atom stereocenters. The summed E-state index contributed by atoms with van der Waals surface area (Å²) in [6.07, 6.45) is 6.96. The highest BCUT2D eigenvalue weighted by Gasteiger charge is 2.26. The lowest BCUT2D eigenvalue weighted by molar-refractivity contribution is 0.386. The molecule has 0 aliphatic heterocycles. The Morgan fingerprint density at radius 2 is 2.12 bits per heavy atom. The monoisotopic (exact) mass is 301 g/mol. The van der Waals surface area contributed by atoms with Gasteiger partial charge >= 0.3 is 0 Å². The molecule has 1 aliphatic rings. The van der Waals surface area contributed by atoms with Crippen LogP contribution in [-0.2, 0) is 0 Å². The van der Waals surface area contributed by atoms with Gasteiger partial charge in [-0.15, -0.1) is 0 Å². The molecule has 1 aromatic heterocycles. The summed E-state index contributed by atoms with van der Waals surface area (Å²) in [5.74, 6) is 1.58. The van der Waals surface area contributed by atoms with Crippen molar-refractivity contribution >= 4 is 27.3 Å². The first-order chi connectivity index (χ1) is 7.83. The minimum absolute atomic E-state index is 0.760. The van der Waals surface area contributed by atoms with Gasteiger partial charge in [0.2, 0.25) is 0 Å². The topological polar surface area (TPSA) is 12.0 Å². The van der Waals surface area contributed by atoms with Crippen molar-refractivity contribution in [1.29, 1.82) is 0 Å². The molecule has 0 amide bonds. The minimum Gasteiger partial charge on any atom is -0.319 e. The normalized spacial score (nSPS) is 26.6. The first kappa shape index (κ1) is 12.6. The van der Waals surface area contributed by atoms with Crippen LogP contribution in [-0.4, -0.2) is 13.6 Å². The van der Waals surface area contributed by atoms with Crippen LogP contribution in [0.25, 0.3) is 0 Å². The summed E-state index contributed by atoms with van der Waals surface area (Å²) in [4.78, 5) is 0. The van der Waals surface area contributed by atoms with Crippen LogP contribution in [0.3, 0.4) is 0 Å². The summed E-state index contributed by atoms with van der Waals surface area (Å²) in [6.45, 7) is 1.16. The van der Waals surface area contributed by atoms with Crippen molar-refractivity contribution in [3.05, 3.63) is 20.8 Å². The van der Waals surface area contributed by atoms with Gasteiger partial charge in [0.1, 0.15) is 0 Å². The van der Waals surface area contributed by atoms with E-state index in [0.29, 0.717) is 0 Å². The maximum Gasteiger partial charge on any atom is 0.0317 e. The van der Waals surface area contributed by atoms with E-state index in [1.165, 1.54) is 36.6 Å². The molecule has 0 bridgehead atoms. The van der Waals surface area contributed by atoms with Crippen molar-refractivity contribution in [2.24, 2.45) is 5.92 Å². The molecule has 2 rings (SSSR count). The Balaban J connectivity index is 2.17. The van der Waals surface area contributed by atoms with E-state index in [9.17, 15) is 0 Å². The maximum absolute atomic E-state index is 3.70. The molecule has 0 saturated heterocycles. The SMILES string of the molecule is CNCC1CCCCCC1c1cscc1Br. The largest absolute Gasteiger partial charge is 0.319 e. The molecule has 90 valence electrons. The smallest absolute Gasteiger partial charge is 0.0317 e. The molecule has 0 spiro atoms. The van der Waals surface area contributed by atoms with Gasteiger partial charge in [0.05, 0.1) is 0 Å². The molecule has 1 fully saturated rings. The zero-order valence-corrected chi connectivity index (χ0v) is 12.2. The van der Waals surface area contributed by atoms with Crippen LogP contribution in [0.1, 0.15) is 43.6 Å². The van der Waals surface area contributed by atoms with Crippen LogP contribution in [0.5, 0.6) is 0 Å². The van der Waals surface area contributed by atoms with Crippen molar-refractivity contribution in [2.45, 2.75) is 38.0 Å². The van der Waals surface area contributed by atoms with Crippen LogP contribution < -0.4 is 5.32 Å². The third kappa shape index (κ3) is 2.88. The van der Waals surface area contributed by atoms with Gasteiger partial charge in [-0.2, -0.15) is 11.3 Å². The molecule has 16 heavy (non-hydrogen) atoms. The van der Waals surface area contributed by atoms with Gasteiger partial charge in [-0.3, -0.25) is 0 Å². The predicted octanol–water partition coefficient (Wildman–Crippen LogP) is 4.39. The van der Waals surface area contributed by atoms with Gasteiger partial charge in [0, 0.05) is 9.85 Å². The lowest BCUT2D eigenvalue weighted by Crippen LogP contribution is -2.24. The Hall–Kier alpha value is 0.140. The molecule has 0 aromatic carbocycles. The zero-order chi connectivity index (χ0) is 11.4. The molecule has 1 heterocycles. The standard InChI is InChI=1S/C13H20BrNS/c1-15-7-10-5-3-2-4-6-11(10)12-8-16-9-13(12)14/h8-11,15H,2-7H2,1H3. The van der Waals surface area contributed by atoms with Crippen molar-refractivity contribution < 1.29 is 0 Å². The van der Waals surface area contributed by atoms with E-state index in [4.69, 9.17) is 0 Å². The Bertz CT molecular complexity index is 323. The number of nitrogens with one attached hydrogen (secondary N) is 1. The van der Waals surface area contributed by atoms with E-state index < -0.39 is 0 Å². The van der Waals surface area contributed by atoms with Gasteiger partial charge in [0.15, 0.2) is 0 Å². The fraction of sp³-hybridized carbons (Fsp3) is 0.692. The molecule has 1 aliphatic carbocycles. The molecule has 0 radical (unpaired) electrons. The fourth-order valence-corrected chi connectivity index (χ4v) is 4.51. The Kier molecular flexibility index (Phi) is 4.86. The second-order valence-electron chi connectivity index (χ2n) is 4.74. The lowest BCUT2D eigenvalue weighted by Gasteiger charge is -2.25. The summed E-state index contributed by atoms with van der Waals surface area (Å²) in [5.41, 5.74) is 1.55. The van der Waals surface area contributed by atoms with Gasteiger partial charge < -0.3 is 5.32 Å². The minimum atomic E-state index is 0.760. The van der Waals surface area contributed by atoms with Gasteiger partial charge in [-0.1, -0.05) is 19.3 Å². The molecule has 1 aromatic rings. The van der Waals surface area contributed by atoms with Crippen LogP contribution in [0.2, 0.25) is 0 Å². The van der Waals surface area contributed by atoms with Gasteiger partial charge in [-0.25, -0.2) is 0 Å². The van der Waals surface area contributed by atoms with Crippen LogP contribution in [0.15, 0.2) is 15.2 Å². The van der Waals surface area contributed by atoms with Crippen LogP contribution in [0, 0.1) is 5.92 Å². The number of rotatable bonds is 3. The van der Waals surface area contributed by atoms with E-state index in [1.807, 2.05) is 11.3 Å². The quantitative estimate of drug-likeness (QED) is 0.816. The third-order valence-electron chi connectivity index (χ3n) is 3.67. The Labute approximate surface area is 111 Å². The van der Waals surface area contributed by atoms with Crippen molar-refractivity contribution in [2.75, 3.05) is 13.6 Å². The average Bonchev–Trinajstić information content (AvgIpc) is 2.56. The van der Waals surface area contributed by atoms with E-state index in [0.717, 1.165) is 18.4 Å². The van der Waals surface area contributed by atoms with Crippen LogP contribution in [0.4, 0.5) is 0 Å². The highest BCUT2D eigenvalue weighted by molar-refractivity contribution is 9.10. The van der Waals surface area contributed by atoms with E-state index in [2.05, 4.69) is 39.1 Å². The average molecular weight is 302 g/mol. The molecule has 2 unspecified atom stereocenters. The molecular formula is C13H20BrNS. The highest BCUT2D eigenvalue weighted by atomic mass is 79.9. The van der Waals surface area contributed by atoms with Gasteiger partial charge in [-0.05, 0) is 65.1 Å².